The van der Waals surface area contributed by atoms with Gasteiger partial charge in [-0.1, -0.05) is 0 Å². The quantitative estimate of drug-likeness (QED) is 0.316. The standard InChI is InChI=1S/C27H50N4O8/c1-26(2,3)38-23(33)19-29-13-11-28-12-14-30(20-24(34)39-27(4,5)6)16-18-31(17-15-29)21(25(35)37-8)9-10-22(32)36-7/h21,28H,9-20H2,1-8H3/t21-/m1/s1. The van der Waals surface area contributed by atoms with Crippen molar-refractivity contribution in [2.75, 3.05) is 79.7 Å². The second kappa shape index (κ2) is 16.7. The average molecular weight is 559 g/mol. The molecule has 12 nitrogen and oxygen atoms in total. The van der Waals surface area contributed by atoms with Gasteiger partial charge in [-0.2, -0.15) is 0 Å². The summed E-state index contributed by atoms with van der Waals surface area (Å²) < 4.78 is 20.9. The van der Waals surface area contributed by atoms with E-state index in [0.29, 0.717) is 52.4 Å². The smallest absolute Gasteiger partial charge is 0.323 e. The van der Waals surface area contributed by atoms with E-state index in [4.69, 9.17) is 18.9 Å². The first-order chi connectivity index (χ1) is 18.1. The van der Waals surface area contributed by atoms with Gasteiger partial charge < -0.3 is 24.3 Å². The molecular weight excluding hydrogens is 508 g/mol. The molecule has 1 saturated heterocycles. The fourth-order valence-electron chi connectivity index (χ4n) is 4.16. The Morgan fingerprint density at radius 2 is 1.15 bits per heavy atom. The van der Waals surface area contributed by atoms with E-state index in [1.54, 1.807) is 0 Å². The summed E-state index contributed by atoms with van der Waals surface area (Å²) in [4.78, 5) is 55.7. The van der Waals surface area contributed by atoms with Crippen molar-refractivity contribution in [3.8, 4) is 0 Å². The number of nitrogens with one attached hydrogen (secondary N) is 1. The summed E-state index contributed by atoms with van der Waals surface area (Å²) in [5, 5.41) is 3.38. The molecule has 1 N–H and O–H groups in total. The van der Waals surface area contributed by atoms with Crippen LogP contribution in [-0.2, 0) is 38.1 Å². The number of carbonyl (C=O) groups is 4. The largest absolute Gasteiger partial charge is 0.469 e. The highest BCUT2D eigenvalue weighted by Gasteiger charge is 2.30. The Kier molecular flexibility index (Phi) is 14.9. The molecule has 1 fully saturated rings. The SMILES string of the molecule is COC(=O)CC[C@H](C(=O)OC)N1CCN(CC(=O)OC(C)(C)C)CCNCCN(CC(=O)OC(C)(C)C)CC1. The Hall–Kier alpha value is -2.28. The molecule has 226 valence electrons. The van der Waals surface area contributed by atoms with Crippen molar-refractivity contribution in [3.05, 3.63) is 0 Å². The highest BCUT2D eigenvalue weighted by atomic mass is 16.6. The van der Waals surface area contributed by atoms with Gasteiger partial charge in [-0.25, -0.2) is 0 Å². The molecule has 1 heterocycles. The Bertz CT molecular complexity index is 750. The molecule has 0 saturated carbocycles. The number of hydrogen-bond acceptors (Lipinski definition) is 12. The lowest BCUT2D eigenvalue weighted by molar-refractivity contribution is -0.157. The van der Waals surface area contributed by atoms with E-state index in [1.807, 2.05) is 56.2 Å². The monoisotopic (exact) mass is 558 g/mol. The van der Waals surface area contributed by atoms with Crippen LogP contribution in [0.5, 0.6) is 0 Å². The molecule has 0 bridgehead atoms. The third-order valence-electron chi connectivity index (χ3n) is 5.93. The molecule has 0 aromatic heterocycles. The molecule has 1 aliphatic heterocycles. The van der Waals surface area contributed by atoms with E-state index in [-0.39, 0.29) is 37.9 Å². The Morgan fingerprint density at radius 3 is 1.54 bits per heavy atom. The molecule has 1 aliphatic rings. The van der Waals surface area contributed by atoms with Crippen molar-refractivity contribution < 1.29 is 38.1 Å². The zero-order chi connectivity index (χ0) is 29.6. The summed E-state index contributed by atoms with van der Waals surface area (Å²) in [7, 11) is 2.63. The number of carbonyl (C=O) groups excluding carboxylic acids is 4. The summed E-state index contributed by atoms with van der Waals surface area (Å²) in [6.45, 7) is 15.5. The fraction of sp³-hybridized carbons (Fsp3) is 0.852. The van der Waals surface area contributed by atoms with Crippen molar-refractivity contribution in [2.24, 2.45) is 0 Å². The van der Waals surface area contributed by atoms with Crippen LogP contribution in [0.25, 0.3) is 0 Å². The Labute approximate surface area is 233 Å². The number of esters is 4. The van der Waals surface area contributed by atoms with Gasteiger partial charge in [0.05, 0.1) is 27.3 Å². The molecular formula is C27H50N4O8. The van der Waals surface area contributed by atoms with Crippen molar-refractivity contribution >= 4 is 23.9 Å². The lowest BCUT2D eigenvalue weighted by atomic mass is 10.1. The summed E-state index contributed by atoms with van der Waals surface area (Å²) in [5.41, 5.74) is -1.18. The number of methoxy groups -OCH3 is 2. The van der Waals surface area contributed by atoms with Crippen LogP contribution in [0.3, 0.4) is 0 Å². The maximum atomic E-state index is 12.8. The first-order valence-corrected chi connectivity index (χ1v) is 13.6. The molecule has 0 unspecified atom stereocenters. The van der Waals surface area contributed by atoms with E-state index in [0.717, 1.165) is 0 Å². The van der Waals surface area contributed by atoms with Gasteiger partial charge in [0.25, 0.3) is 0 Å². The number of hydrogen-bond donors (Lipinski definition) is 1. The van der Waals surface area contributed by atoms with Crippen LogP contribution in [0.2, 0.25) is 0 Å². The van der Waals surface area contributed by atoms with E-state index in [1.165, 1.54) is 14.2 Å². The van der Waals surface area contributed by atoms with Gasteiger partial charge in [-0.3, -0.25) is 33.9 Å². The van der Waals surface area contributed by atoms with Crippen molar-refractivity contribution in [3.63, 3.8) is 0 Å². The van der Waals surface area contributed by atoms with Crippen molar-refractivity contribution in [1.82, 2.24) is 20.0 Å². The van der Waals surface area contributed by atoms with Gasteiger partial charge in [0.1, 0.15) is 17.2 Å². The normalized spacial score (nSPS) is 18.3. The fourth-order valence-corrected chi connectivity index (χ4v) is 4.16. The third kappa shape index (κ3) is 15.8. The van der Waals surface area contributed by atoms with Crippen LogP contribution in [-0.4, -0.2) is 135 Å². The average Bonchev–Trinajstić information content (AvgIpc) is 2.80. The van der Waals surface area contributed by atoms with Gasteiger partial charge >= 0.3 is 23.9 Å². The van der Waals surface area contributed by atoms with Crippen molar-refractivity contribution in [2.45, 2.75) is 71.6 Å². The molecule has 1 atom stereocenters. The molecule has 1 rings (SSSR count). The second-order valence-corrected chi connectivity index (χ2v) is 11.7. The molecule has 0 spiro atoms. The molecule has 0 aromatic rings. The van der Waals surface area contributed by atoms with E-state index < -0.39 is 29.2 Å². The molecule has 0 radical (unpaired) electrons. The highest BCUT2D eigenvalue weighted by molar-refractivity contribution is 5.77. The summed E-state index contributed by atoms with van der Waals surface area (Å²) in [6.07, 6.45) is 0.277. The van der Waals surface area contributed by atoms with Gasteiger partial charge in [-0.05, 0) is 48.0 Å². The third-order valence-corrected chi connectivity index (χ3v) is 5.93. The maximum absolute atomic E-state index is 12.8. The highest BCUT2D eigenvalue weighted by Crippen LogP contribution is 2.13. The molecule has 0 aliphatic carbocycles. The van der Waals surface area contributed by atoms with Crippen LogP contribution in [0.1, 0.15) is 54.4 Å². The first kappa shape index (κ1) is 34.7. The van der Waals surface area contributed by atoms with Crippen LogP contribution < -0.4 is 5.32 Å². The van der Waals surface area contributed by atoms with Gasteiger partial charge in [0, 0.05) is 58.8 Å². The number of rotatable bonds is 9. The summed E-state index contributed by atoms with van der Waals surface area (Å²) >= 11 is 0. The minimum Gasteiger partial charge on any atom is -0.469 e. The topological polar surface area (TPSA) is 127 Å². The lowest BCUT2D eigenvalue weighted by Crippen LogP contribution is -2.51. The zero-order valence-corrected chi connectivity index (χ0v) is 25.2. The number of nitrogens with zero attached hydrogens (tertiary/aromatic N) is 3. The number of ether oxygens (including phenoxy) is 4. The predicted molar refractivity (Wildman–Crippen MR) is 146 cm³/mol. The van der Waals surface area contributed by atoms with Crippen LogP contribution >= 0.6 is 0 Å². The molecule has 39 heavy (non-hydrogen) atoms. The first-order valence-electron chi connectivity index (χ1n) is 13.6. The summed E-state index contributed by atoms with van der Waals surface area (Å²) in [5.74, 6) is -1.51. The summed E-state index contributed by atoms with van der Waals surface area (Å²) in [6, 6.07) is -0.693. The Morgan fingerprint density at radius 1 is 0.692 bits per heavy atom. The second-order valence-electron chi connectivity index (χ2n) is 11.7. The predicted octanol–water partition coefficient (Wildman–Crippen LogP) is 0.674. The molecule has 0 amide bonds. The van der Waals surface area contributed by atoms with Crippen LogP contribution in [0.4, 0.5) is 0 Å². The maximum Gasteiger partial charge on any atom is 0.323 e. The molecule has 12 heteroatoms. The van der Waals surface area contributed by atoms with E-state index in [9.17, 15) is 19.2 Å². The Balaban J connectivity index is 3.11. The van der Waals surface area contributed by atoms with E-state index >= 15 is 0 Å². The lowest BCUT2D eigenvalue weighted by Gasteiger charge is -2.35. The minimum absolute atomic E-state index is 0.0555. The van der Waals surface area contributed by atoms with Gasteiger partial charge in [-0.15, -0.1) is 0 Å². The van der Waals surface area contributed by atoms with Gasteiger partial charge in [0.2, 0.25) is 0 Å². The van der Waals surface area contributed by atoms with Crippen molar-refractivity contribution in [1.29, 1.82) is 0 Å². The van der Waals surface area contributed by atoms with Crippen LogP contribution in [0, 0.1) is 0 Å². The van der Waals surface area contributed by atoms with E-state index in [2.05, 4.69) is 5.32 Å². The zero-order valence-electron chi connectivity index (χ0n) is 25.2. The molecule has 0 aromatic carbocycles. The van der Waals surface area contributed by atoms with Gasteiger partial charge in [0.15, 0.2) is 0 Å². The minimum atomic E-state index is -0.693. The van der Waals surface area contributed by atoms with Crippen LogP contribution in [0.15, 0.2) is 0 Å².